The van der Waals surface area contributed by atoms with Gasteiger partial charge in [-0.1, -0.05) is 13.8 Å². The summed E-state index contributed by atoms with van der Waals surface area (Å²) in [7, 11) is 0. The number of aromatic amines is 1. The van der Waals surface area contributed by atoms with Crippen LogP contribution in [-0.2, 0) is 4.79 Å². The zero-order valence-corrected chi connectivity index (χ0v) is 13.7. The lowest BCUT2D eigenvalue weighted by molar-refractivity contribution is -0.131. The van der Waals surface area contributed by atoms with Crippen molar-refractivity contribution in [3.63, 3.8) is 0 Å². The number of nitrogens with one attached hydrogen (secondary N) is 1. The van der Waals surface area contributed by atoms with Gasteiger partial charge in [0.2, 0.25) is 5.91 Å². The van der Waals surface area contributed by atoms with Crippen molar-refractivity contribution in [2.45, 2.75) is 20.8 Å². The molecule has 3 heterocycles. The van der Waals surface area contributed by atoms with Crippen LogP contribution in [0.25, 0.3) is 0 Å². The Balaban J connectivity index is 1.66. The Bertz CT molecular complexity index is 652. The normalized spacial score (nSPS) is 23.7. The number of H-pyrrole nitrogens is 1. The number of amides is 2. The fraction of sp³-hybridized carbons (Fsp3) is 0.625. The van der Waals surface area contributed by atoms with Gasteiger partial charge in [-0.3, -0.25) is 19.5 Å². The van der Waals surface area contributed by atoms with Crippen molar-refractivity contribution in [3.8, 4) is 0 Å². The van der Waals surface area contributed by atoms with Crippen molar-refractivity contribution in [2.24, 2.45) is 17.8 Å². The van der Waals surface area contributed by atoms with E-state index in [9.17, 15) is 14.4 Å². The van der Waals surface area contributed by atoms with Crippen LogP contribution >= 0.6 is 0 Å². The van der Waals surface area contributed by atoms with Gasteiger partial charge < -0.3 is 9.80 Å². The molecule has 0 spiro atoms. The molecular formula is C16H22N4O3. The van der Waals surface area contributed by atoms with Gasteiger partial charge in [-0.2, -0.15) is 5.10 Å². The topological polar surface area (TPSA) is 86.4 Å². The zero-order valence-electron chi connectivity index (χ0n) is 13.7. The molecule has 2 saturated heterocycles. The fourth-order valence-electron chi connectivity index (χ4n) is 3.50. The smallest absolute Gasteiger partial charge is 0.271 e. The lowest BCUT2D eigenvalue weighted by Gasteiger charge is -2.22. The van der Waals surface area contributed by atoms with Gasteiger partial charge >= 0.3 is 0 Å². The second-order valence-electron chi connectivity index (χ2n) is 6.94. The van der Waals surface area contributed by atoms with Crippen molar-refractivity contribution in [2.75, 3.05) is 26.2 Å². The second kappa shape index (κ2) is 5.79. The van der Waals surface area contributed by atoms with Crippen molar-refractivity contribution in [1.29, 1.82) is 0 Å². The molecule has 2 aliphatic rings. The average molecular weight is 318 g/mol. The molecule has 0 radical (unpaired) electrons. The summed E-state index contributed by atoms with van der Waals surface area (Å²) < 4.78 is 0. The number of aromatic nitrogens is 2. The molecule has 7 nitrogen and oxygen atoms in total. The van der Waals surface area contributed by atoms with E-state index in [1.54, 1.807) is 4.90 Å². The second-order valence-corrected chi connectivity index (χ2v) is 6.94. The largest absolute Gasteiger partial charge is 0.342 e. The first kappa shape index (κ1) is 15.7. The third-order valence-electron chi connectivity index (χ3n) is 4.57. The molecule has 2 aliphatic heterocycles. The van der Waals surface area contributed by atoms with Crippen LogP contribution in [0.2, 0.25) is 0 Å². The first-order chi connectivity index (χ1) is 10.9. The number of rotatable bonds is 4. The van der Waals surface area contributed by atoms with E-state index >= 15 is 0 Å². The molecule has 7 heteroatoms. The molecule has 0 unspecified atom stereocenters. The number of ketones is 1. The van der Waals surface area contributed by atoms with Gasteiger partial charge in [-0.15, -0.1) is 0 Å². The Hall–Kier alpha value is -2.18. The minimum Gasteiger partial charge on any atom is -0.342 e. The minimum atomic E-state index is -0.192. The molecule has 0 bridgehead atoms. The van der Waals surface area contributed by atoms with Crippen LogP contribution in [0.3, 0.4) is 0 Å². The van der Waals surface area contributed by atoms with E-state index in [2.05, 4.69) is 24.0 Å². The molecule has 1 N–H and O–H groups in total. The maximum Gasteiger partial charge on any atom is 0.271 e. The summed E-state index contributed by atoms with van der Waals surface area (Å²) in [4.78, 5) is 39.8. The highest BCUT2D eigenvalue weighted by atomic mass is 16.2. The maximum absolute atomic E-state index is 12.5. The standard InChI is InChI=1S/C16H22N4O3/c1-9(2)5-19-6-11-7-20(8-12(11)15(19)22)16(23)14-4-13(10(3)21)17-18-14/h4,9,11-12H,5-8H2,1-3H3,(H,17,18)/t11-,12+/m1/s1. The number of hydrogen-bond acceptors (Lipinski definition) is 4. The molecular weight excluding hydrogens is 296 g/mol. The van der Waals surface area contributed by atoms with Gasteiger partial charge in [0, 0.05) is 39.0 Å². The molecule has 2 amide bonds. The van der Waals surface area contributed by atoms with Gasteiger partial charge in [0.15, 0.2) is 5.78 Å². The summed E-state index contributed by atoms with van der Waals surface area (Å²) in [5, 5.41) is 6.46. The van der Waals surface area contributed by atoms with Crippen LogP contribution < -0.4 is 0 Å². The summed E-state index contributed by atoms with van der Waals surface area (Å²) in [5.74, 6) is 0.354. The summed E-state index contributed by atoms with van der Waals surface area (Å²) >= 11 is 0. The predicted octanol–water partition coefficient (Wildman–Crippen LogP) is 0.799. The zero-order chi connectivity index (χ0) is 16.7. The van der Waals surface area contributed by atoms with Crippen molar-refractivity contribution in [3.05, 3.63) is 17.5 Å². The average Bonchev–Trinajstić information content (AvgIpc) is 3.16. The van der Waals surface area contributed by atoms with Crippen LogP contribution in [0.1, 0.15) is 41.7 Å². The summed E-state index contributed by atoms with van der Waals surface area (Å²) in [6.07, 6.45) is 0. The van der Waals surface area contributed by atoms with E-state index < -0.39 is 0 Å². The van der Waals surface area contributed by atoms with Crippen molar-refractivity contribution >= 4 is 17.6 Å². The molecule has 23 heavy (non-hydrogen) atoms. The SMILES string of the molecule is CC(=O)c1cc(C(=O)N2C[C@H]3CN(CC(C)C)C(=O)[C@H]3C2)[nH]n1. The molecule has 2 fully saturated rings. The number of hydrogen-bond donors (Lipinski definition) is 1. The van der Waals surface area contributed by atoms with Crippen LogP contribution in [0, 0.1) is 17.8 Å². The molecule has 124 valence electrons. The van der Waals surface area contributed by atoms with Crippen LogP contribution in [0.15, 0.2) is 6.07 Å². The number of carbonyl (C=O) groups is 3. The Morgan fingerprint density at radius 3 is 2.65 bits per heavy atom. The molecule has 2 atom stereocenters. The molecule has 0 aliphatic carbocycles. The highest BCUT2D eigenvalue weighted by Crippen LogP contribution is 2.33. The monoisotopic (exact) mass is 318 g/mol. The van der Waals surface area contributed by atoms with E-state index in [4.69, 9.17) is 0 Å². The van der Waals surface area contributed by atoms with Gasteiger partial charge in [-0.05, 0) is 12.0 Å². The van der Waals surface area contributed by atoms with Crippen LogP contribution in [0.5, 0.6) is 0 Å². The molecule has 0 saturated carbocycles. The Morgan fingerprint density at radius 2 is 2.09 bits per heavy atom. The number of carbonyl (C=O) groups excluding carboxylic acids is 3. The van der Waals surface area contributed by atoms with Crippen molar-refractivity contribution < 1.29 is 14.4 Å². The minimum absolute atomic E-state index is 0.0899. The lowest BCUT2D eigenvalue weighted by Crippen LogP contribution is -2.37. The van der Waals surface area contributed by atoms with E-state index in [0.29, 0.717) is 24.7 Å². The number of Topliss-reactive ketones (excluding diaryl/α,β-unsaturated/α-hetero) is 1. The third kappa shape index (κ3) is 2.87. The molecule has 1 aromatic rings. The van der Waals surface area contributed by atoms with Gasteiger partial charge in [0.25, 0.3) is 5.91 Å². The van der Waals surface area contributed by atoms with Crippen molar-refractivity contribution in [1.82, 2.24) is 20.0 Å². The number of nitrogens with zero attached hydrogens (tertiary/aromatic N) is 3. The molecule has 1 aromatic heterocycles. The lowest BCUT2D eigenvalue weighted by atomic mass is 10.0. The highest BCUT2D eigenvalue weighted by molar-refractivity contribution is 5.98. The predicted molar refractivity (Wildman–Crippen MR) is 82.9 cm³/mol. The fourth-order valence-corrected chi connectivity index (χ4v) is 3.50. The molecule has 3 rings (SSSR count). The molecule has 0 aromatic carbocycles. The Kier molecular flexibility index (Phi) is 3.95. The van der Waals surface area contributed by atoms with Gasteiger partial charge in [-0.25, -0.2) is 0 Å². The van der Waals surface area contributed by atoms with Gasteiger partial charge in [0.1, 0.15) is 11.4 Å². The maximum atomic E-state index is 12.5. The highest BCUT2D eigenvalue weighted by Gasteiger charge is 2.47. The first-order valence-corrected chi connectivity index (χ1v) is 8.01. The Morgan fingerprint density at radius 1 is 1.35 bits per heavy atom. The quantitative estimate of drug-likeness (QED) is 0.832. The number of likely N-dealkylation sites (tertiary alicyclic amines) is 2. The van der Waals surface area contributed by atoms with E-state index in [0.717, 1.165) is 13.1 Å². The van der Waals surface area contributed by atoms with E-state index in [1.807, 2.05) is 4.90 Å². The summed E-state index contributed by atoms with van der Waals surface area (Å²) in [6.45, 7) is 8.15. The van der Waals surface area contributed by atoms with Crippen LogP contribution in [-0.4, -0.2) is 63.8 Å². The summed E-state index contributed by atoms with van der Waals surface area (Å²) in [5.41, 5.74) is 0.564. The van der Waals surface area contributed by atoms with E-state index in [1.165, 1.54) is 13.0 Å². The summed E-state index contributed by atoms with van der Waals surface area (Å²) in [6, 6.07) is 1.48. The number of fused-ring (bicyclic) bond motifs is 1. The van der Waals surface area contributed by atoms with Crippen LogP contribution in [0.4, 0.5) is 0 Å². The van der Waals surface area contributed by atoms with E-state index in [-0.39, 0.29) is 35.1 Å². The third-order valence-corrected chi connectivity index (χ3v) is 4.57. The van der Waals surface area contributed by atoms with Gasteiger partial charge in [0.05, 0.1) is 5.92 Å². The Labute approximate surface area is 135 Å². The first-order valence-electron chi connectivity index (χ1n) is 8.01.